The Hall–Kier alpha value is -3.35. The molecule has 42 heavy (non-hydrogen) atoms. The van der Waals surface area contributed by atoms with Crippen molar-refractivity contribution in [2.45, 2.75) is 6.42 Å². The second-order valence-electron chi connectivity index (χ2n) is 9.66. The number of amides is 1. The third kappa shape index (κ3) is 10.2. The van der Waals surface area contributed by atoms with Gasteiger partial charge in [-0.25, -0.2) is 14.5 Å². The zero-order valence-corrected chi connectivity index (χ0v) is 24.7. The fraction of sp³-hybridized carbons (Fsp3) is 0.321. The van der Waals surface area contributed by atoms with Gasteiger partial charge in [-0.2, -0.15) is 0 Å². The van der Waals surface area contributed by atoms with Crippen LogP contribution in [0, 0.1) is 0 Å². The van der Waals surface area contributed by atoms with Crippen LogP contribution in [-0.2, 0) is 13.9 Å². The largest absolute Gasteiger partial charge is 0.469 e. The molecule has 0 radical (unpaired) electrons. The summed E-state index contributed by atoms with van der Waals surface area (Å²) in [5.41, 5.74) is 3.66. The lowest BCUT2D eigenvalue weighted by Crippen LogP contribution is -2.47. The number of nitrogens with zero attached hydrogens (tertiary/aromatic N) is 4. The van der Waals surface area contributed by atoms with Gasteiger partial charge in [0.2, 0.25) is 11.9 Å². The van der Waals surface area contributed by atoms with Crippen LogP contribution in [0.15, 0.2) is 67.4 Å². The Labute approximate surface area is 250 Å². The number of anilines is 4. The van der Waals surface area contributed by atoms with E-state index < -0.39 is 7.82 Å². The smallest absolute Gasteiger partial charge is 0.385 e. The summed E-state index contributed by atoms with van der Waals surface area (Å²) in [6, 6.07) is 15.1. The van der Waals surface area contributed by atoms with Crippen LogP contribution in [0.5, 0.6) is 0 Å². The molecule has 0 bridgehead atoms. The van der Waals surface area contributed by atoms with E-state index in [-0.39, 0.29) is 12.5 Å². The SMILES string of the molecule is C=CC(=O)Nc1cccc(-c2nc(Nc3cccc(NCCCN4CCN(CCOP(=O)(O)O)CC4)c3)ncc2Cl)c1. The fourth-order valence-corrected chi connectivity index (χ4v) is 4.98. The zero-order chi connectivity index (χ0) is 30.0. The third-order valence-corrected chi connectivity index (χ3v) is 7.36. The second-order valence-corrected chi connectivity index (χ2v) is 11.3. The van der Waals surface area contributed by atoms with Gasteiger partial charge in [0.25, 0.3) is 0 Å². The molecule has 1 saturated heterocycles. The fourth-order valence-electron chi connectivity index (χ4n) is 4.46. The van der Waals surface area contributed by atoms with Gasteiger partial charge >= 0.3 is 7.82 Å². The van der Waals surface area contributed by atoms with E-state index in [1.54, 1.807) is 18.3 Å². The maximum Gasteiger partial charge on any atom is 0.469 e. The van der Waals surface area contributed by atoms with Gasteiger partial charge in [-0.05, 0) is 49.4 Å². The maximum absolute atomic E-state index is 11.7. The standard InChI is InChI=1S/C28H35ClN7O5P/c1-2-26(37)32-23-8-3-6-21(18-23)27-25(29)20-31-28(34-27)33-24-9-4-7-22(19-24)30-10-5-11-35-12-14-36(15-13-35)16-17-41-42(38,39)40/h2-4,6-9,18-20,30H,1,5,10-17H2,(H,32,37)(H,31,33,34)(H2,38,39,40). The number of benzene rings is 2. The highest BCUT2D eigenvalue weighted by Crippen LogP contribution is 2.35. The van der Waals surface area contributed by atoms with Crippen LogP contribution in [0.4, 0.5) is 23.0 Å². The van der Waals surface area contributed by atoms with Crippen LogP contribution in [0.2, 0.25) is 5.02 Å². The number of phosphoric ester groups is 1. The minimum Gasteiger partial charge on any atom is -0.385 e. The third-order valence-electron chi connectivity index (χ3n) is 6.56. The molecule has 1 aliphatic rings. The van der Waals surface area contributed by atoms with Crippen molar-refractivity contribution in [3.05, 3.63) is 72.4 Å². The molecule has 12 nitrogen and oxygen atoms in total. The topological polar surface area (TPSA) is 152 Å². The molecule has 3 aromatic rings. The Morgan fingerprint density at radius 2 is 1.74 bits per heavy atom. The van der Waals surface area contributed by atoms with Crippen molar-refractivity contribution < 1.29 is 23.7 Å². The summed E-state index contributed by atoms with van der Waals surface area (Å²) in [7, 11) is -4.40. The molecular formula is C28H35ClN7O5P. The number of halogens is 1. The lowest BCUT2D eigenvalue weighted by Gasteiger charge is -2.34. The number of carbonyl (C=O) groups is 1. The monoisotopic (exact) mass is 615 g/mol. The van der Waals surface area contributed by atoms with Gasteiger partial charge in [-0.1, -0.05) is 36.4 Å². The van der Waals surface area contributed by atoms with E-state index in [0.29, 0.717) is 28.9 Å². The lowest BCUT2D eigenvalue weighted by atomic mass is 10.1. The molecule has 224 valence electrons. The number of carbonyl (C=O) groups excluding carboxylic acids is 1. The maximum atomic E-state index is 11.7. The van der Waals surface area contributed by atoms with Crippen molar-refractivity contribution in [1.29, 1.82) is 0 Å². The Kier molecular flexibility index (Phi) is 11.4. The molecule has 14 heteroatoms. The first-order valence-corrected chi connectivity index (χ1v) is 15.4. The molecule has 1 fully saturated rings. The molecule has 0 atom stereocenters. The molecule has 2 aromatic carbocycles. The van der Waals surface area contributed by atoms with Gasteiger partial charge in [0.05, 0.1) is 23.5 Å². The lowest BCUT2D eigenvalue weighted by molar-refractivity contribution is -0.111. The average molecular weight is 616 g/mol. The van der Waals surface area contributed by atoms with E-state index in [4.69, 9.17) is 21.4 Å². The Balaban J connectivity index is 1.25. The number of hydrogen-bond donors (Lipinski definition) is 5. The molecule has 1 aliphatic heterocycles. The van der Waals surface area contributed by atoms with Crippen molar-refractivity contribution in [1.82, 2.24) is 19.8 Å². The number of nitrogens with one attached hydrogen (secondary N) is 3. The van der Waals surface area contributed by atoms with Crippen molar-refractivity contribution in [2.75, 3.05) is 68.4 Å². The summed E-state index contributed by atoms with van der Waals surface area (Å²) in [6.45, 7) is 9.28. The highest BCUT2D eigenvalue weighted by atomic mass is 35.5. The molecule has 1 amide bonds. The summed E-state index contributed by atoms with van der Waals surface area (Å²) in [4.78, 5) is 42.7. The Bertz CT molecular complexity index is 1410. The van der Waals surface area contributed by atoms with Crippen molar-refractivity contribution >= 4 is 48.3 Å². The van der Waals surface area contributed by atoms with Crippen LogP contribution in [0.25, 0.3) is 11.3 Å². The van der Waals surface area contributed by atoms with E-state index in [2.05, 4.69) is 46.8 Å². The number of aromatic nitrogens is 2. The molecule has 0 unspecified atom stereocenters. The second kappa shape index (κ2) is 15.2. The first kappa shape index (κ1) is 31.6. The average Bonchev–Trinajstić information content (AvgIpc) is 2.97. The first-order chi connectivity index (χ1) is 20.2. The Morgan fingerprint density at radius 1 is 1.05 bits per heavy atom. The molecule has 5 N–H and O–H groups in total. The van der Waals surface area contributed by atoms with E-state index in [1.807, 2.05) is 36.4 Å². The van der Waals surface area contributed by atoms with Crippen LogP contribution < -0.4 is 16.0 Å². The quantitative estimate of drug-likeness (QED) is 0.101. The first-order valence-electron chi connectivity index (χ1n) is 13.5. The zero-order valence-electron chi connectivity index (χ0n) is 23.1. The summed E-state index contributed by atoms with van der Waals surface area (Å²) in [5.74, 6) is 0.0842. The summed E-state index contributed by atoms with van der Waals surface area (Å²) < 4.78 is 15.3. The number of phosphoric acid groups is 1. The number of hydrogen-bond acceptors (Lipinski definition) is 9. The van der Waals surface area contributed by atoms with Crippen LogP contribution >= 0.6 is 19.4 Å². The minimum atomic E-state index is -4.40. The van der Waals surface area contributed by atoms with E-state index >= 15 is 0 Å². The molecule has 0 saturated carbocycles. The predicted octanol–water partition coefficient (Wildman–Crippen LogP) is 4.19. The summed E-state index contributed by atoms with van der Waals surface area (Å²) in [6.07, 6.45) is 3.72. The van der Waals surface area contributed by atoms with Gasteiger partial charge in [-0.15, -0.1) is 0 Å². The minimum absolute atomic E-state index is 0.0264. The van der Waals surface area contributed by atoms with E-state index in [1.165, 1.54) is 6.08 Å². The van der Waals surface area contributed by atoms with Gasteiger partial charge in [0.15, 0.2) is 0 Å². The number of rotatable bonds is 14. The van der Waals surface area contributed by atoms with Gasteiger partial charge in [-0.3, -0.25) is 14.2 Å². The van der Waals surface area contributed by atoms with Crippen molar-refractivity contribution in [3.8, 4) is 11.3 Å². The van der Waals surface area contributed by atoms with Crippen molar-refractivity contribution in [3.63, 3.8) is 0 Å². The molecule has 1 aromatic heterocycles. The van der Waals surface area contributed by atoms with E-state index in [9.17, 15) is 9.36 Å². The normalized spacial score (nSPS) is 14.4. The summed E-state index contributed by atoms with van der Waals surface area (Å²) >= 11 is 6.41. The molecular weight excluding hydrogens is 581 g/mol. The molecule has 0 aliphatic carbocycles. The highest BCUT2D eigenvalue weighted by Gasteiger charge is 2.18. The number of piperazine rings is 1. The van der Waals surface area contributed by atoms with Crippen molar-refractivity contribution in [2.24, 2.45) is 0 Å². The Morgan fingerprint density at radius 3 is 2.48 bits per heavy atom. The molecule has 2 heterocycles. The molecule has 0 spiro atoms. The van der Waals surface area contributed by atoms with Crippen LogP contribution in [-0.4, -0.2) is 87.9 Å². The van der Waals surface area contributed by atoms with Crippen LogP contribution in [0.1, 0.15) is 6.42 Å². The van der Waals surface area contributed by atoms with Gasteiger partial charge in [0, 0.05) is 61.9 Å². The van der Waals surface area contributed by atoms with Crippen LogP contribution in [0.3, 0.4) is 0 Å². The summed E-state index contributed by atoms with van der Waals surface area (Å²) in [5, 5.41) is 9.83. The van der Waals surface area contributed by atoms with E-state index in [0.717, 1.165) is 62.6 Å². The highest BCUT2D eigenvalue weighted by molar-refractivity contribution is 7.46. The molecule has 4 rings (SSSR count). The van der Waals surface area contributed by atoms with Gasteiger partial charge < -0.3 is 30.6 Å². The van der Waals surface area contributed by atoms with Gasteiger partial charge in [0.1, 0.15) is 0 Å². The predicted molar refractivity (Wildman–Crippen MR) is 165 cm³/mol.